The number of hydrogen-bond acceptors (Lipinski definition) is 5. The molecule has 9 heteroatoms. The molecule has 1 aromatic carbocycles. The van der Waals surface area contributed by atoms with Crippen LogP contribution in [0.1, 0.15) is 38.9 Å². The molecule has 2 aromatic heterocycles. The van der Waals surface area contributed by atoms with Gasteiger partial charge in [-0.05, 0) is 32.0 Å². The van der Waals surface area contributed by atoms with Crippen LogP contribution in [-0.4, -0.2) is 21.1 Å². The van der Waals surface area contributed by atoms with E-state index in [2.05, 4.69) is 20.5 Å². The van der Waals surface area contributed by atoms with E-state index in [9.17, 15) is 13.6 Å². The summed E-state index contributed by atoms with van der Waals surface area (Å²) in [5, 5.41) is 11.3. The number of aromatic nitrogens is 3. The van der Waals surface area contributed by atoms with E-state index < -0.39 is 18.0 Å². The number of benzene rings is 1. The van der Waals surface area contributed by atoms with E-state index in [0.717, 1.165) is 10.7 Å². The Labute approximate surface area is 152 Å². The number of halogens is 2. The second-order valence-electron chi connectivity index (χ2n) is 5.54. The number of hydrogen-bond donors (Lipinski definition) is 2. The fourth-order valence-electron chi connectivity index (χ4n) is 2.31. The highest BCUT2D eigenvalue weighted by molar-refractivity contribution is 7.09. The number of aromatic amines is 1. The van der Waals surface area contributed by atoms with Gasteiger partial charge in [0.2, 0.25) is 0 Å². The summed E-state index contributed by atoms with van der Waals surface area (Å²) in [6.07, 6.45) is -2.79. The van der Waals surface area contributed by atoms with Gasteiger partial charge >= 0.3 is 0 Å². The molecule has 0 radical (unpaired) electrons. The van der Waals surface area contributed by atoms with Gasteiger partial charge in [0.15, 0.2) is 5.69 Å². The van der Waals surface area contributed by atoms with Crippen LogP contribution in [0.3, 0.4) is 0 Å². The molecule has 0 saturated carbocycles. The molecule has 0 aliphatic heterocycles. The first-order chi connectivity index (χ1) is 12.4. The number of nitrogens with zero attached hydrogens (tertiary/aromatic N) is 2. The van der Waals surface area contributed by atoms with Crippen LogP contribution in [0.2, 0.25) is 0 Å². The number of amides is 1. The van der Waals surface area contributed by atoms with E-state index >= 15 is 0 Å². The largest absolute Gasteiger partial charge is 0.487 e. The summed E-state index contributed by atoms with van der Waals surface area (Å²) in [5.74, 6) is -0.0346. The molecule has 0 spiro atoms. The Kier molecular flexibility index (Phi) is 5.27. The fraction of sp³-hybridized carbons (Fsp3) is 0.235. The second-order valence-corrected chi connectivity index (χ2v) is 6.60. The molecule has 0 unspecified atom stereocenters. The van der Waals surface area contributed by atoms with Gasteiger partial charge < -0.3 is 10.1 Å². The number of alkyl halides is 2. The summed E-state index contributed by atoms with van der Waals surface area (Å²) < 4.78 is 31.6. The molecule has 1 amide bonds. The standard InChI is InChI=1S/C17H16F2N4O2S/c1-9-14(15(16(18)19)23-22-9)21-17(24)11-4-3-5-13(6-11)25-7-12-8-26-10(2)20-12/h3-6,8,16H,7H2,1-2H3,(H,21,24)(H,22,23). The van der Waals surface area contributed by atoms with Gasteiger partial charge in [-0.1, -0.05) is 6.07 Å². The second kappa shape index (κ2) is 7.61. The van der Waals surface area contributed by atoms with Gasteiger partial charge in [0.25, 0.3) is 12.3 Å². The van der Waals surface area contributed by atoms with Crippen molar-refractivity contribution < 1.29 is 18.3 Å². The van der Waals surface area contributed by atoms with Crippen LogP contribution in [0, 0.1) is 13.8 Å². The molecule has 0 atom stereocenters. The normalized spacial score (nSPS) is 11.0. The molecule has 2 heterocycles. The lowest BCUT2D eigenvalue weighted by Gasteiger charge is -2.09. The number of aryl methyl sites for hydroxylation is 2. The number of H-pyrrole nitrogens is 1. The Morgan fingerprint density at radius 2 is 2.19 bits per heavy atom. The highest BCUT2D eigenvalue weighted by atomic mass is 32.1. The molecule has 3 rings (SSSR count). The quantitative estimate of drug-likeness (QED) is 0.672. The van der Waals surface area contributed by atoms with E-state index in [1.807, 2.05) is 12.3 Å². The summed E-state index contributed by atoms with van der Waals surface area (Å²) in [4.78, 5) is 16.7. The van der Waals surface area contributed by atoms with Crippen molar-refractivity contribution in [3.05, 3.63) is 57.3 Å². The number of nitrogens with one attached hydrogen (secondary N) is 2. The zero-order valence-electron chi connectivity index (χ0n) is 14.0. The smallest absolute Gasteiger partial charge is 0.284 e. The van der Waals surface area contributed by atoms with Gasteiger partial charge in [0.05, 0.1) is 22.1 Å². The average Bonchev–Trinajstić information content (AvgIpc) is 3.19. The first-order valence-corrected chi connectivity index (χ1v) is 8.60. The van der Waals surface area contributed by atoms with Gasteiger partial charge in [-0.3, -0.25) is 9.89 Å². The topological polar surface area (TPSA) is 79.9 Å². The number of thiazole rings is 1. The molecule has 0 bridgehead atoms. The van der Waals surface area contributed by atoms with Crippen LogP contribution in [-0.2, 0) is 6.61 Å². The van der Waals surface area contributed by atoms with Crippen molar-refractivity contribution in [3.63, 3.8) is 0 Å². The van der Waals surface area contributed by atoms with E-state index in [1.165, 1.54) is 11.3 Å². The van der Waals surface area contributed by atoms with Crippen LogP contribution in [0.4, 0.5) is 14.5 Å². The third-order valence-corrected chi connectivity index (χ3v) is 4.39. The van der Waals surface area contributed by atoms with E-state index in [1.54, 1.807) is 31.2 Å². The highest BCUT2D eigenvalue weighted by Gasteiger charge is 2.21. The lowest BCUT2D eigenvalue weighted by molar-refractivity contribution is 0.102. The fourth-order valence-corrected chi connectivity index (χ4v) is 2.91. The highest BCUT2D eigenvalue weighted by Crippen LogP contribution is 2.28. The van der Waals surface area contributed by atoms with Gasteiger partial charge in [-0.25, -0.2) is 13.8 Å². The SMILES string of the molecule is Cc1nc(COc2cccc(C(=O)Nc3c(C(F)F)n[nH]c3C)c2)cs1. The van der Waals surface area contributed by atoms with Gasteiger partial charge in [-0.15, -0.1) is 11.3 Å². The molecule has 6 nitrogen and oxygen atoms in total. The summed E-state index contributed by atoms with van der Waals surface area (Å²) in [5.41, 5.74) is 0.965. The average molecular weight is 378 g/mol. The van der Waals surface area contributed by atoms with Crippen LogP contribution in [0.15, 0.2) is 29.6 Å². The molecule has 0 aliphatic carbocycles. The predicted molar refractivity (Wildman–Crippen MR) is 93.9 cm³/mol. The summed E-state index contributed by atoms with van der Waals surface area (Å²) in [6.45, 7) is 3.75. The monoisotopic (exact) mass is 378 g/mol. The minimum Gasteiger partial charge on any atom is -0.487 e. The molecular formula is C17H16F2N4O2S. The molecule has 136 valence electrons. The summed E-state index contributed by atoms with van der Waals surface area (Å²) >= 11 is 1.53. The van der Waals surface area contributed by atoms with Crippen LogP contribution >= 0.6 is 11.3 Å². The van der Waals surface area contributed by atoms with Crippen molar-refractivity contribution in [3.8, 4) is 5.75 Å². The molecule has 3 aromatic rings. The Balaban J connectivity index is 1.71. The maximum absolute atomic E-state index is 13.0. The third-order valence-electron chi connectivity index (χ3n) is 3.57. The van der Waals surface area contributed by atoms with Gasteiger partial charge in [-0.2, -0.15) is 5.10 Å². The van der Waals surface area contributed by atoms with Crippen LogP contribution in [0.25, 0.3) is 0 Å². The number of carbonyl (C=O) groups is 1. The number of rotatable bonds is 6. The van der Waals surface area contributed by atoms with Gasteiger partial charge in [0.1, 0.15) is 12.4 Å². The number of carbonyl (C=O) groups excluding carboxylic acids is 1. The zero-order valence-corrected chi connectivity index (χ0v) is 14.9. The number of anilines is 1. The Morgan fingerprint density at radius 1 is 1.38 bits per heavy atom. The lowest BCUT2D eigenvalue weighted by atomic mass is 10.2. The van der Waals surface area contributed by atoms with Crippen molar-refractivity contribution in [2.24, 2.45) is 0 Å². The first-order valence-electron chi connectivity index (χ1n) is 7.72. The minimum absolute atomic E-state index is 0.00531. The van der Waals surface area contributed by atoms with Crippen LogP contribution < -0.4 is 10.1 Å². The molecule has 2 N–H and O–H groups in total. The molecule has 0 fully saturated rings. The van der Waals surface area contributed by atoms with Crippen molar-refractivity contribution >= 4 is 22.9 Å². The summed E-state index contributed by atoms with van der Waals surface area (Å²) in [7, 11) is 0. The lowest BCUT2D eigenvalue weighted by Crippen LogP contribution is -2.13. The molecular weight excluding hydrogens is 362 g/mol. The Hall–Kier alpha value is -2.81. The van der Waals surface area contributed by atoms with E-state index in [0.29, 0.717) is 11.4 Å². The minimum atomic E-state index is -2.79. The molecule has 0 aliphatic rings. The zero-order chi connectivity index (χ0) is 18.7. The molecule has 26 heavy (non-hydrogen) atoms. The third kappa shape index (κ3) is 4.05. The van der Waals surface area contributed by atoms with E-state index in [4.69, 9.17) is 4.74 Å². The molecule has 0 saturated heterocycles. The van der Waals surface area contributed by atoms with Crippen LogP contribution in [0.5, 0.6) is 5.75 Å². The number of ether oxygens (including phenoxy) is 1. The first kappa shape index (κ1) is 18.0. The predicted octanol–water partition coefficient (Wildman–Crippen LogP) is 4.25. The maximum Gasteiger partial charge on any atom is 0.284 e. The van der Waals surface area contributed by atoms with E-state index in [-0.39, 0.29) is 17.9 Å². The van der Waals surface area contributed by atoms with Crippen molar-refractivity contribution in [1.29, 1.82) is 0 Å². The van der Waals surface area contributed by atoms with Gasteiger partial charge in [0, 0.05) is 10.9 Å². The maximum atomic E-state index is 13.0. The Morgan fingerprint density at radius 3 is 2.88 bits per heavy atom. The van der Waals surface area contributed by atoms with Crippen molar-refractivity contribution in [1.82, 2.24) is 15.2 Å². The summed E-state index contributed by atoms with van der Waals surface area (Å²) in [6, 6.07) is 6.50. The van der Waals surface area contributed by atoms with Crippen molar-refractivity contribution in [2.75, 3.05) is 5.32 Å². The van der Waals surface area contributed by atoms with Crippen molar-refractivity contribution in [2.45, 2.75) is 26.9 Å². The Bertz CT molecular complexity index is 923.